The van der Waals surface area contributed by atoms with E-state index in [9.17, 15) is 4.79 Å². The SMILES string of the molecule is C=C(N)c1ccc2c(c1)Oc1ccccc1C2C(C)(C)C(=O)Nc1nncs1. The van der Waals surface area contributed by atoms with Crippen LogP contribution < -0.4 is 15.8 Å². The van der Waals surface area contributed by atoms with E-state index < -0.39 is 5.41 Å². The third-order valence-corrected chi connectivity index (χ3v) is 5.64. The van der Waals surface area contributed by atoms with Crippen molar-refractivity contribution in [3.05, 3.63) is 71.2 Å². The van der Waals surface area contributed by atoms with Gasteiger partial charge in [-0.25, -0.2) is 0 Å². The summed E-state index contributed by atoms with van der Waals surface area (Å²) >= 11 is 1.29. The van der Waals surface area contributed by atoms with Crippen LogP contribution in [0.2, 0.25) is 0 Å². The molecule has 1 aromatic heterocycles. The van der Waals surface area contributed by atoms with Crippen molar-refractivity contribution in [2.24, 2.45) is 11.1 Å². The van der Waals surface area contributed by atoms with Crippen molar-refractivity contribution in [2.45, 2.75) is 19.8 Å². The lowest BCUT2D eigenvalue weighted by Gasteiger charge is -2.38. The summed E-state index contributed by atoms with van der Waals surface area (Å²) in [5.41, 5.74) is 9.83. The summed E-state index contributed by atoms with van der Waals surface area (Å²) < 4.78 is 6.13. The molecule has 28 heavy (non-hydrogen) atoms. The maximum atomic E-state index is 13.2. The van der Waals surface area contributed by atoms with Crippen molar-refractivity contribution in [1.82, 2.24) is 10.2 Å². The molecule has 0 radical (unpaired) electrons. The van der Waals surface area contributed by atoms with Crippen molar-refractivity contribution in [3.8, 4) is 11.5 Å². The number of carbonyl (C=O) groups excluding carboxylic acids is 1. The van der Waals surface area contributed by atoms with Gasteiger partial charge >= 0.3 is 0 Å². The number of para-hydroxylation sites is 1. The number of aromatic nitrogens is 2. The van der Waals surface area contributed by atoms with Crippen LogP contribution in [0.3, 0.4) is 0 Å². The third kappa shape index (κ3) is 3.03. The summed E-state index contributed by atoms with van der Waals surface area (Å²) in [4.78, 5) is 13.2. The molecular formula is C21H20N4O2S. The summed E-state index contributed by atoms with van der Waals surface area (Å²) in [6, 6.07) is 13.5. The Balaban J connectivity index is 1.81. The van der Waals surface area contributed by atoms with E-state index in [-0.39, 0.29) is 11.8 Å². The summed E-state index contributed by atoms with van der Waals surface area (Å²) in [7, 11) is 0. The molecule has 0 spiro atoms. The lowest BCUT2D eigenvalue weighted by Crippen LogP contribution is -2.38. The first-order valence-electron chi connectivity index (χ1n) is 8.81. The number of hydrogen-bond donors (Lipinski definition) is 2. The highest BCUT2D eigenvalue weighted by Crippen LogP contribution is 2.52. The number of ether oxygens (including phenoxy) is 1. The highest BCUT2D eigenvalue weighted by Gasteiger charge is 2.43. The fourth-order valence-corrected chi connectivity index (χ4v) is 3.99. The number of nitrogens with one attached hydrogen (secondary N) is 1. The predicted octanol–water partition coefficient (Wildman–Crippen LogP) is 4.37. The first kappa shape index (κ1) is 18.2. The molecule has 2 aromatic carbocycles. The van der Waals surface area contributed by atoms with Crippen LogP contribution in [0.1, 0.15) is 36.5 Å². The average molecular weight is 392 g/mol. The van der Waals surface area contributed by atoms with Gasteiger partial charge in [-0.1, -0.05) is 62.1 Å². The van der Waals surface area contributed by atoms with Gasteiger partial charge in [-0.15, -0.1) is 10.2 Å². The Bertz CT molecular complexity index is 1060. The first-order chi connectivity index (χ1) is 13.4. The molecule has 0 bridgehead atoms. The highest BCUT2D eigenvalue weighted by molar-refractivity contribution is 7.13. The lowest BCUT2D eigenvalue weighted by molar-refractivity contribution is -0.124. The molecule has 7 heteroatoms. The van der Waals surface area contributed by atoms with Crippen LogP contribution in [-0.2, 0) is 4.79 Å². The molecule has 3 aromatic rings. The van der Waals surface area contributed by atoms with Crippen molar-refractivity contribution < 1.29 is 9.53 Å². The molecule has 0 fully saturated rings. The van der Waals surface area contributed by atoms with Gasteiger partial charge in [0, 0.05) is 28.3 Å². The zero-order chi connectivity index (χ0) is 19.9. The Morgan fingerprint density at radius 1 is 1.21 bits per heavy atom. The van der Waals surface area contributed by atoms with E-state index in [1.165, 1.54) is 11.3 Å². The van der Waals surface area contributed by atoms with Gasteiger partial charge in [0.25, 0.3) is 0 Å². The maximum Gasteiger partial charge on any atom is 0.232 e. The number of fused-ring (bicyclic) bond motifs is 2. The number of amides is 1. The number of rotatable bonds is 4. The zero-order valence-electron chi connectivity index (χ0n) is 15.6. The van der Waals surface area contributed by atoms with Crippen LogP contribution in [0.4, 0.5) is 5.13 Å². The second-order valence-corrected chi connectivity index (χ2v) is 8.10. The van der Waals surface area contributed by atoms with Gasteiger partial charge in [0.05, 0.1) is 5.41 Å². The number of hydrogen-bond acceptors (Lipinski definition) is 6. The molecule has 1 unspecified atom stereocenters. The molecule has 1 amide bonds. The Morgan fingerprint density at radius 2 is 1.96 bits per heavy atom. The second kappa shape index (κ2) is 6.76. The van der Waals surface area contributed by atoms with Gasteiger partial charge < -0.3 is 15.8 Å². The number of nitrogens with two attached hydrogens (primary N) is 1. The fourth-order valence-electron chi connectivity index (χ4n) is 3.55. The van der Waals surface area contributed by atoms with Gasteiger partial charge in [-0.2, -0.15) is 0 Å². The van der Waals surface area contributed by atoms with Gasteiger partial charge in [0.15, 0.2) is 0 Å². The Morgan fingerprint density at radius 3 is 2.68 bits per heavy atom. The molecule has 1 aliphatic rings. The van der Waals surface area contributed by atoms with Crippen molar-refractivity contribution in [3.63, 3.8) is 0 Å². The number of anilines is 1. The monoisotopic (exact) mass is 392 g/mol. The summed E-state index contributed by atoms with van der Waals surface area (Å²) in [6.07, 6.45) is 0. The number of nitrogens with zero attached hydrogens (tertiary/aromatic N) is 2. The van der Waals surface area contributed by atoms with E-state index in [1.807, 2.05) is 56.3 Å². The van der Waals surface area contributed by atoms with Crippen LogP contribution in [-0.4, -0.2) is 16.1 Å². The van der Waals surface area contributed by atoms with Gasteiger partial charge in [-0.05, 0) is 12.1 Å². The van der Waals surface area contributed by atoms with Gasteiger partial charge in [0.1, 0.15) is 17.0 Å². The van der Waals surface area contributed by atoms with Gasteiger partial charge in [0.2, 0.25) is 11.0 Å². The first-order valence-corrected chi connectivity index (χ1v) is 9.69. The molecule has 0 saturated heterocycles. The molecule has 3 N–H and O–H groups in total. The van der Waals surface area contributed by atoms with E-state index in [0.29, 0.717) is 16.6 Å². The number of benzene rings is 2. The molecule has 0 aliphatic carbocycles. The van der Waals surface area contributed by atoms with Crippen LogP contribution in [0, 0.1) is 5.41 Å². The second-order valence-electron chi connectivity index (χ2n) is 7.27. The third-order valence-electron chi connectivity index (χ3n) is 5.03. The minimum atomic E-state index is -0.776. The molecule has 1 aliphatic heterocycles. The van der Waals surface area contributed by atoms with Crippen molar-refractivity contribution in [1.29, 1.82) is 0 Å². The lowest BCUT2D eigenvalue weighted by atomic mass is 9.69. The van der Waals surface area contributed by atoms with E-state index in [1.54, 1.807) is 5.51 Å². The largest absolute Gasteiger partial charge is 0.457 e. The van der Waals surface area contributed by atoms with Crippen molar-refractivity contribution >= 4 is 28.1 Å². The summed E-state index contributed by atoms with van der Waals surface area (Å²) in [5.74, 6) is 1.07. The van der Waals surface area contributed by atoms with Crippen molar-refractivity contribution in [2.75, 3.05) is 5.32 Å². The molecular weight excluding hydrogens is 372 g/mol. The molecule has 4 rings (SSSR count). The molecule has 142 valence electrons. The molecule has 2 heterocycles. The minimum absolute atomic E-state index is 0.135. The summed E-state index contributed by atoms with van der Waals surface area (Å²) in [6.45, 7) is 7.66. The Hall–Kier alpha value is -3.19. The van der Waals surface area contributed by atoms with E-state index >= 15 is 0 Å². The van der Waals surface area contributed by atoms with E-state index in [2.05, 4.69) is 22.1 Å². The van der Waals surface area contributed by atoms with Crippen LogP contribution >= 0.6 is 11.3 Å². The molecule has 0 saturated carbocycles. The van der Waals surface area contributed by atoms with Gasteiger partial charge in [-0.3, -0.25) is 4.79 Å². The summed E-state index contributed by atoms with van der Waals surface area (Å²) in [5, 5.41) is 11.1. The quantitative estimate of drug-likeness (QED) is 0.688. The fraction of sp³-hybridized carbons (Fsp3) is 0.190. The molecule has 6 nitrogen and oxygen atoms in total. The minimum Gasteiger partial charge on any atom is -0.457 e. The van der Waals surface area contributed by atoms with Crippen LogP contribution in [0.5, 0.6) is 11.5 Å². The van der Waals surface area contributed by atoms with E-state index in [0.717, 1.165) is 22.4 Å². The Labute approximate surface area is 167 Å². The normalized spacial score (nSPS) is 15.1. The predicted molar refractivity (Wildman–Crippen MR) is 110 cm³/mol. The van der Waals surface area contributed by atoms with Crippen LogP contribution in [0.25, 0.3) is 5.70 Å². The smallest absolute Gasteiger partial charge is 0.232 e. The maximum absolute atomic E-state index is 13.2. The molecule has 1 atom stereocenters. The number of carbonyl (C=O) groups is 1. The Kier molecular flexibility index (Phi) is 4.39. The zero-order valence-corrected chi connectivity index (χ0v) is 16.4. The standard InChI is InChI=1S/C21H20N4O2S/c1-12(22)13-8-9-15-17(10-13)27-16-7-5-4-6-14(16)18(15)21(2,3)19(26)24-20-25-23-11-28-20/h4-11,18H,1,22H2,2-3H3,(H,24,25,26). The average Bonchev–Trinajstić information content (AvgIpc) is 3.18. The van der Waals surface area contributed by atoms with E-state index in [4.69, 9.17) is 10.5 Å². The van der Waals surface area contributed by atoms with Crippen LogP contribution in [0.15, 0.2) is 54.6 Å². The topological polar surface area (TPSA) is 90.1 Å². The highest BCUT2D eigenvalue weighted by atomic mass is 32.1.